The molecule has 100 valence electrons. The molecule has 3 heteroatoms. The largest absolute Gasteiger partial charge is 0.446 e. The fourth-order valence-corrected chi connectivity index (χ4v) is 3.66. The molecule has 0 N–H and O–H groups in total. The van der Waals surface area contributed by atoms with E-state index in [0.717, 1.165) is 25.9 Å². The van der Waals surface area contributed by atoms with E-state index in [4.69, 9.17) is 4.74 Å². The van der Waals surface area contributed by atoms with Crippen LogP contribution in [0.2, 0.25) is 0 Å². The summed E-state index contributed by atoms with van der Waals surface area (Å²) >= 11 is 0. The van der Waals surface area contributed by atoms with Crippen molar-refractivity contribution >= 4 is 5.97 Å². The normalized spacial score (nSPS) is 36.8. The number of ether oxygens (including phenoxy) is 1. The lowest BCUT2D eigenvalue weighted by Gasteiger charge is -2.32. The van der Waals surface area contributed by atoms with E-state index in [1.54, 1.807) is 0 Å². The summed E-state index contributed by atoms with van der Waals surface area (Å²) in [5, 5.41) is 0. The van der Waals surface area contributed by atoms with Crippen molar-refractivity contribution in [3.8, 4) is 0 Å². The first-order chi connectivity index (χ1) is 8.74. The lowest BCUT2D eigenvalue weighted by Crippen LogP contribution is -2.41. The number of likely N-dealkylation sites (tertiary alicyclic amines) is 1. The molecule has 4 atom stereocenters. The van der Waals surface area contributed by atoms with Crippen molar-refractivity contribution in [1.82, 2.24) is 4.90 Å². The van der Waals surface area contributed by atoms with E-state index in [2.05, 4.69) is 17.1 Å². The zero-order chi connectivity index (χ0) is 12.5. The lowest BCUT2D eigenvalue weighted by atomic mass is 9.94. The average molecular weight is 249 g/mol. The third-order valence-electron chi connectivity index (χ3n) is 4.77. The van der Waals surface area contributed by atoms with Crippen LogP contribution in [0.5, 0.6) is 0 Å². The van der Waals surface area contributed by atoms with Gasteiger partial charge in [-0.1, -0.05) is 18.6 Å². The van der Waals surface area contributed by atoms with Gasteiger partial charge in [-0.25, -0.2) is 0 Å². The highest BCUT2D eigenvalue weighted by molar-refractivity contribution is 5.74. The Labute approximate surface area is 109 Å². The molecule has 1 saturated carbocycles. The Balaban J connectivity index is 1.52. The highest BCUT2D eigenvalue weighted by Gasteiger charge is 2.41. The lowest BCUT2D eigenvalue weighted by molar-refractivity contribution is -0.164. The molecular weight excluding hydrogens is 226 g/mol. The molecule has 0 amide bonds. The van der Waals surface area contributed by atoms with Gasteiger partial charge in [-0.05, 0) is 44.4 Å². The van der Waals surface area contributed by atoms with Gasteiger partial charge in [-0.2, -0.15) is 0 Å². The van der Waals surface area contributed by atoms with Crippen LogP contribution in [0.1, 0.15) is 39.0 Å². The Hall–Kier alpha value is -0.830. The Morgan fingerprint density at radius 2 is 2.00 bits per heavy atom. The number of carbonyl (C=O) groups is 1. The monoisotopic (exact) mass is 249 g/mol. The second-order valence-electron chi connectivity index (χ2n) is 6.02. The molecule has 1 aliphatic heterocycles. The minimum absolute atomic E-state index is 0.0323. The van der Waals surface area contributed by atoms with Gasteiger partial charge < -0.3 is 4.74 Å². The summed E-state index contributed by atoms with van der Waals surface area (Å²) in [6.07, 6.45) is 10.4. The number of piperidine rings is 1. The summed E-state index contributed by atoms with van der Waals surface area (Å²) in [4.78, 5) is 14.5. The van der Waals surface area contributed by atoms with Gasteiger partial charge in [0.2, 0.25) is 0 Å². The smallest absolute Gasteiger partial charge is 0.311 e. The van der Waals surface area contributed by atoms with E-state index in [1.807, 2.05) is 6.92 Å². The van der Waals surface area contributed by atoms with E-state index >= 15 is 0 Å². The van der Waals surface area contributed by atoms with Gasteiger partial charge in [-0.3, -0.25) is 9.69 Å². The summed E-state index contributed by atoms with van der Waals surface area (Å²) in [5.41, 5.74) is 0. The molecule has 2 fully saturated rings. The van der Waals surface area contributed by atoms with E-state index in [-0.39, 0.29) is 18.1 Å². The van der Waals surface area contributed by atoms with Crippen molar-refractivity contribution in [3.05, 3.63) is 12.2 Å². The van der Waals surface area contributed by atoms with E-state index in [0.29, 0.717) is 11.8 Å². The van der Waals surface area contributed by atoms with E-state index in [1.165, 1.54) is 19.3 Å². The topological polar surface area (TPSA) is 29.5 Å². The van der Waals surface area contributed by atoms with Gasteiger partial charge in [0.05, 0.1) is 5.92 Å². The van der Waals surface area contributed by atoms with Gasteiger partial charge in [0.15, 0.2) is 6.23 Å². The molecule has 0 radical (unpaired) electrons. The van der Waals surface area contributed by atoms with Crippen LogP contribution in [0.4, 0.5) is 0 Å². The third-order valence-corrected chi connectivity index (χ3v) is 4.77. The summed E-state index contributed by atoms with van der Waals surface area (Å²) in [6, 6.07) is 0. The molecular formula is C15H23NO2. The van der Waals surface area contributed by atoms with Crippen LogP contribution in [-0.4, -0.2) is 30.2 Å². The van der Waals surface area contributed by atoms with Crippen molar-refractivity contribution in [2.75, 3.05) is 13.1 Å². The standard InChI is InChI=1S/C15H23NO2/c1-11(16-7-3-2-4-8-16)18-15(17)14-10-12-5-6-13(14)9-12/h5-6,11-14H,2-4,7-10H2,1H3. The van der Waals surface area contributed by atoms with Gasteiger partial charge >= 0.3 is 5.97 Å². The molecule has 0 spiro atoms. The van der Waals surface area contributed by atoms with Crippen LogP contribution in [0.3, 0.4) is 0 Å². The number of allylic oxidation sites excluding steroid dienone is 2. The third kappa shape index (κ3) is 2.33. The van der Waals surface area contributed by atoms with Gasteiger partial charge in [-0.15, -0.1) is 0 Å². The van der Waals surface area contributed by atoms with Gasteiger partial charge in [0, 0.05) is 13.1 Å². The minimum Gasteiger partial charge on any atom is -0.446 e. The molecule has 3 nitrogen and oxygen atoms in total. The SMILES string of the molecule is CC(OC(=O)C1CC2C=CC1C2)N1CCCCC1. The molecule has 3 rings (SSSR count). The number of hydrogen-bond donors (Lipinski definition) is 0. The molecule has 1 saturated heterocycles. The van der Waals surface area contributed by atoms with Gasteiger partial charge in [0.1, 0.15) is 0 Å². The van der Waals surface area contributed by atoms with Crippen molar-refractivity contribution < 1.29 is 9.53 Å². The molecule has 0 aromatic carbocycles. The predicted octanol–water partition coefficient (Wildman–Crippen LogP) is 2.57. The van der Waals surface area contributed by atoms with E-state index < -0.39 is 0 Å². The zero-order valence-corrected chi connectivity index (χ0v) is 11.2. The quantitative estimate of drug-likeness (QED) is 0.569. The number of rotatable bonds is 3. The Kier molecular flexibility index (Phi) is 3.42. The second kappa shape index (κ2) is 5.04. The molecule has 4 unspecified atom stereocenters. The van der Waals surface area contributed by atoms with E-state index in [9.17, 15) is 4.79 Å². The predicted molar refractivity (Wildman–Crippen MR) is 69.8 cm³/mol. The number of hydrogen-bond acceptors (Lipinski definition) is 3. The minimum atomic E-state index is -0.0408. The molecule has 2 aliphatic carbocycles. The number of carbonyl (C=O) groups excluding carboxylic acids is 1. The van der Waals surface area contributed by atoms with Crippen LogP contribution < -0.4 is 0 Å². The molecule has 2 bridgehead atoms. The van der Waals surface area contributed by atoms with Crippen molar-refractivity contribution in [3.63, 3.8) is 0 Å². The summed E-state index contributed by atoms with van der Waals surface area (Å²) < 4.78 is 5.68. The summed E-state index contributed by atoms with van der Waals surface area (Å²) in [7, 11) is 0. The first-order valence-corrected chi connectivity index (χ1v) is 7.37. The second-order valence-corrected chi connectivity index (χ2v) is 6.02. The highest BCUT2D eigenvalue weighted by Crippen LogP contribution is 2.44. The average Bonchev–Trinajstić information content (AvgIpc) is 3.02. The zero-order valence-electron chi connectivity index (χ0n) is 11.2. The first-order valence-electron chi connectivity index (χ1n) is 7.37. The van der Waals surface area contributed by atoms with Crippen LogP contribution in [0.15, 0.2) is 12.2 Å². The molecule has 1 heterocycles. The van der Waals surface area contributed by atoms with Crippen LogP contribution in [0.25, 0.3) is 0 Å². The number of fused-ring (bicyclic) bond motifs is 2. The van der Waals surface area contributed by atoms with Gasteiger partial charge in [0.25, 0.3) is 0 Å². The van der Waals surface area contributed by atoms with Crippen molar-refractivity contribution in [2.24, 2.45) is 17.8 Å². The van der Waals surface area contributed by atoms with Crippen LogP contribution in [-0.2, 0) is 9.53 Å². The van der Waals surface area contributed by atoms with Crippen LogP contribution in [0, 0.1) is 17.8 Å². The fraction of sp³-hybridized carbons (Fsp3) is 0.800. The molecule has 0 aromatic rings. The summed E-state index contributed by atoms with van der Waals surface area (Å²) in [6.45, 7) is 4.17. The Bertz CT molecular complexity index is 346. The number of nitrogens with zero attached hydrogens (tertiary/aromatic N) is 1. The maximum Gasteiger partial charge on any atom is 0.311 e. The molecule has 18 heavy (non-hydrogen) atoms. The Morgan fingerprint density at radius 1 is 1.22 bits per heavy atom. The maximum absolute atomic E-state index is 12.2. The highest BCUT2D eigenvalue weighted by atomic mass is 16.6. The number of esters is 1. The van der Waals surface area contributed by atoms with Crippen molar-refractivity contribution in [1.29, 1.82) is 0 Å². The molecule has 0 aromatic heterocycles. The summed E-state index contributed by atoms with van der Waals surface area (Å²) in [5.74, 6) is 1.26. The Morgan fingerprint density at radius 3 is 2.61 bits per heavy atom. The van der Waals surface area contributed by atoms with Crippen molar-refractivity contribution in [2.45, 2.75) is 45.3 Å². The first kappa shape index (κ1) is 12.2. The maximum atomic E-state index is 12.2. The molecule has 3 aliphatic rings. The fourth-order valence-electron chi connectivity index (χ4n) is 3.66. The van der Waals surface area contributed by atoms with Crippen LogP contribution >= 0.6 is 0 Å².